The minimum atomic E-state index is 0.799. The van der Waals surface area contributed by atoms with Gasteiger partial charge in [-0.1, -0.05) is 44.7 Å². The molecule has 1 nitrogen and oxygen atoms in total. The summed E-state index contributed by atoms with van der Waals surface area (Å²) in [5, 5.41) is 0. The Kier molecular flexibility index (Phi) is 4.90. The van der Waals surface area contributed by atoms with Gasteiger partial charge in [-0.25, -0.2) is 0 Å². The first-order chi connectivity index (χ1) is 8.40. The third-order valence-corrected chi connectivity index (χ3v) is 3.72. The SMILES string of the molecule is CCCCOc1ccc(C2CCCCC2)cc1. The minimum Gasteiger partial charge on any atom is -0.494 e. The molecule has 0 N–H and O–H groups in total. The molecule has 0 heterocycles. The van der Waals surface area contributed by atoms with Crippen molar-refractivity contribution in [3.05, 3.63) is 29.8 Å². The Morgan fingerprint density at radius 3 is 2.41 bits per heavy atom. The van der Waals surface area contributed by atoms with E-state index in [0.717, 1.165) is 24.7 Å². The van der Waals surface area contributed by atoms with Crippen molar-refractivity contribution in [1.29, 1.82) is 0 Å². The Bertz CT molecular complexity index is 309. The number of rotatable bonds is 5. The van der Waals surface area contributed by atoms with E-state index < -0.39 is 0 Å². The van der Waals surface area contributed by atoms with Crippen molar-refractivity contribution in [3.8, 4) is 5.75 Å². The molecule has 1 aromatic rings. The van der Waals surface area contributed by atoms with E-state index in [0.29, 0.717) is 0 Å². The van der Waals surface area contributed by atoms with Gasteiger partial charge in [0.05, 0.1) is 6.61 Å². The monoisotopic (exact) mass is 232 g/mol. The van der Waals surface area contributed by atoms with E-state index in [1.165, 1.54) is 44.1 Å². The second-order valence-corrected chi connectivity index (χ2v) is 5.11. The summed E-state index contributed by atoms with van der Waals surface area (Å²) >= 11 is 0. The Morgan fingerprint density at radius 2 is 1.76 bits per heavy atom. The smallest absolute Gasteiger partial charge is 0.119 e. The summed E-state index contributed by atoms with van der Waals surface area (Å²) in [6.45, 7) is 3.04. The molecule has 94 valence electrons. The van der Waals surface area contributed by atoms with Crippen LogP contribution in [0.4, 0.5) is 0 Å². The molecule has 17 heavy (non-hydrogen) atoms. The van der Waals surface area contributed by atoms with Gasteiger partial charge in [0.25, 0.3) is 0 Å². The maximum atomic E-state index is 5.69. The molecule has 0 spiro atoms. The van der Waals surface area contributed by atoms with Crippen LogP contribution in [0.5, 0.6) is 5.75 Å². The van der Waals surface area contributed by atoms with Gasteiger partial charge in [-0.15, -0.1) is 0 Å². The Hall–Kier alpha value is -0.980. The molecular weight excluding hydrogens is 208 g/mol. The standard InChI is InChI=1S/C16H24O/c1-2-3-13-17-16-11-9-15(10-12-16)14-7-5-4-6-8-14/h9-12,14H,2-8,13H2,1H3. The summed E-state index contributed by atoms with van der Waals surface area (Å²) in [6.07, 6.45) is 9.31. The van der Waals surface area contributed by atoms with Crippen LogP contribution in [0.3, 0.4) is 0 Å². The zero-order valence-corrected chi connectivity index (χ0v) is 11.0. The third-order valence-electron chi connectivity index (χ3n) is 3.72. The Balaban J connectivity index is 1.88. The fourth-order valence-electron chi connectivity index (χ4n) is 2.61. The number of benzene rings is 1. The van der Waals surface area contributed by atoms with Gasteiger partial charge < -0.3 is 4.74 Å². The van der Waals surface area contributed by atoms with Crippen LogP contribution < -0.4 is 4.74 Å². The lowest BCUT2D eigenvalue weighted by molar-refractivity contribution is 0.309. The molecule has 0 aromatic heterocycles. The predicted octanol–water partition coefficient (Wildman–Crippen LogP) is 4.91. The summed E-state index contributed by atoms with van der Waals surface area (Å²) in [5.41, 5.74) is 1.51. The molecule has 0 saturated heterocycles. The molecule has 0 radical (unpaired) electrons. The molecule has 0 amide bonds. The molecule has 0 bridgehead atoms. The lowest BCUT2D eigenvalue weighted by Gasteiger charge is -2.22. The second-order valence-electron chi connectivity index (χ2n) is 5.11. The van der Waals surface area contributed by atoms with Gasteiger partial charge in [-0.3, -0.25) is 0 Å². The number of hydrogen-bond donors (Lipinski definition) is 0. The molecule has 0 aliphatic heterocycles. The molecule has 0 atom stereocenters. The summed E-state index contributed by atoms with van der Waals surface area (Å²) in [6, 6.07) is 8.80. The Labute approximate surface area is 105 Å². The molecule has 1 aromatic carbocycles. The van der Waals surface area contributed by atoms with Gasteiger partial charge in [-0.05, 0) is 42.9 Å². The fourth-order valence-corrected chi connectivity index (χ4v) is 2.61. The van der Waals surface area contributed by atoms with Crippen molar-refractivity contribution < 1.29 is 4.74 Å². The van der Waals surface area contributed by atoms with Crippen molar-refractivity contribution in [3.63, 3.8) is 0 Å². The van der Waals surface area contributed by atoms with Crippen molar-refractivity contribution in [2.24, 2.45) is 0 Å². The van der Waals surface area contributed by atoms with Gasteiger partial charge in [0.15, 0.2) is 0 Å². The van der Waals surface area contributed by atoms with E-state index in [2.05, 4.69) is 31.2 Å². The minimum absolute atomic E-state index is 0.799. The van der Waals surface area contributed by atoms with E-state index in [-0.39, 0.29) is 0 Å². The van der Waals surface area contributed by atoms with Crippen molar-refractivity contribution in [1.82, 2.24) is 0 Å². The first kappa shape index (κ1) is 12.5. The molecule has 1 aliphatic carbocycles. The maximum Gasteiger partial charge on any atom is 0.119 e. The zero-order chi connectivity index (χ0) is 11.9. The predicted molar refractivity (Wildman–Crippen MR) is 72.7 cm³/mol. The lowest BCUT2D eigenvalue weighted by atomic mass is 9.84. The van der Waals surface area contributed by atoms with Crippen LogP contribution in [-0.2, 0) is 0 Å². The van der Waals surface area contributed by atoms with Gasteiger partial charge in [0.2, 0.25) is 0 Å². The normalized spacial score (nSPS) is 17.0. The van der Waals surface area contributed by atoms with Crippen molar-refractivity contribution >= 4 is 0 Å². The Morgan fingerprint density at radius 1 is 1.06 bits per heavy atom. The van der Waals surface area contributed by atoms with E-state index in [1.54, 1.807) is 0 Å². The van der Waals surface area contributed by atoms with Crippen LogP contribution in [0.2, 0.25) is 0 Å². The highest BCUT2D eigenvalue weighted by molar-refractivity contribution is 5.29. The van der Waals surface area contributed by atoms with Crippen LogP contribution >= 0.6 is 0 Å². The highest BCUT2D eigenvalue weighted by atomic mass is 16.5. The van der Waals surface area contributed by atoms with Gasteiger partial charge in [-0.2, -0.15) is 0 Å². The highest BCUT2D eigenvalue weighted by Crippen LogP contribution is 2.33. The topological polar surface area (TPSA) is 9.23 Å². The second kappa shape index (κ2) is 6.68. The van der Waals surface area contributed by atoms with Gasteiger partial charge in [0, 0.05) is 0 Å². The largest absolute Gasteiger partial charge is 0.494 e. The maximum absolute atomic E-state index is 5.69. The molecule has 1 aliphatic rings. The first-order valence-electron chi connectivity index (χ1n) is 7.13. The molecule has 1 heteroatoms. The van der Waals surface area contributed by atoms with Crippen LogP contribution in [0.1, 0.15) is 63.4 Å². The number of ether oxygens (including phenoxy) is 1. The summed E-state index contributed by atoms with van der Waals surface area (Å²) in [4.78, 5) is 0. The summed E-state index contributed by atoms with van der Waals surface area (Å²) < 4.78 is 5.69. The van der Waals surface area contributed by atoms with Crippen LogP contribution in [0, 0.1) is 0 Å². The molecule has 1 fully saturated rings. The van der Waals surface area contributed by atoms with E-state index >= 15 is 0 Å². The highest BCUT2D eigenvalue weighted by Gasteiger charge is 2.14. The summed E-state index contributed by atoms with van der Waals surface area (Å²) in [7, 11) is 0. The van der Waals surface area contributed by atoms with Crippen molar-refractivity contribution in [2.75, 3.05) is 6.61 Å². The van der Waals surface area contributed by atoms with E-state index in [1.807, 2.05) is 0 Å². The first-order valence-corrected chi connectivity index (χ1v) is 7.13. The van der Waals surface area contributed by atoms with Crippen molar-refractivity contribution in [2.45, 2.75) is 57.8 Å². The van der Waals surface area contributed by atoms with E-state index in [9.17, 15) is 0 Å². The van der Waals surface area contributed by atoms with Gasteiger partial charge >= 0.3 is 0 Å². The quantitative estimate of drug-likeness (QED) is 0.655. The van der Waals surface area contributed by atoms with E-state index in [4.69, 9.17) is 4.74 Å². The zero-order valence-electron chi connectivity index (χ0n) is 11.0. The summed E-state index contributed by atoms with van der Waals surface area (Å²) in [5.74, 6) is 1.83. The van der Waals surface area contributed by atoms with Crippen LogP contribution in [0.15, 0.2) is 24.3 Å². The average Bonchev–Trinajstić information content (AvgIpc) is 2.41. The molecule has 1 saturated carbocycles. The molecule has 2 rings (SSSR count). The number of unbranched alkanes of at least 4 members (excludes halogenated alkanes) is 1. The third kappa shape index (κ3) is 3.76. The fraction of sp³-hybridized carbons (Fsp3) is 0.625. The van der Waals surface area contributed by atoms with Crippen LogP contribution in [0.25, 0.3) is 0 Å². The average molecular weight is 232 g/mol. The molecular formula is C16H24O. The lowest BCUT2D eigenvalue weighted by Crippen LogP contribution is -2.04. The van der Waals surface area contributed by atoms with Gasteiger partial charge in [0.1, 0.15) is 5.75 Å². The number of hydrogen-bond acceptors (Lipinski definition) is 1. The molecule has 0 unspecified atom stereocenters. The van der Waals surface area contributed by atoms with Crippen LogP contribution in [-0.4, -0.2) is 6.61 Å².